The minimum absolute atomic E-state index is 0.360. The summed E-state index contributed by atoms with van der Waals surface area (Å²) in [6, 6.07) is 0. The Balaban J connectivity index is 4.05. The molecule has 2 heteroatoms. The summed E-state index contributed by atoms with van der Waals surface area (Å²) in [7, 11) is 0. The van der Waals surface area contributed by atoms with Crippen molar-refractivity contribution in [2.75, 3.05) is 6.67 Å². The van der Waals surface area contributed by atoms with E-state index in [1.807, 2.05) is 18.2 Å². The fraction of sp³-hybridized carbons (Fsp3) is 0.455. The lowest BCUT2D eigenvalue weighted by atomic mass is 10.4. The molecule has 0 amide bonds. The molecule has 0 saturated heterocycles. The number of halogens is 1. The molecular weight excluding hydrogens is 167 g/mol. The first-order valence-corrected chi connectivity index (χ1v) is 4.47. The first-order chi connectivity index (χ1) is 6.24. The van der Waals surface area contributed by atoms with Crippen molar-refractivity contribution in [1.29, 1.82) is 0 Å². The highest BCUT2D eigenvalue weighted by Gasteiger charge is 1.95. The van der Waals surface area contributed by atoms with Crippen LogP contribution >= 0.6 is 0 Å². The van der Waals surface area contributed by atoms with Crippen molar-refractivity contribution >= 4 is 0 Å². The topological polar surface area (TPSA) is 9.23 Å². The molecule has 74 valence electrons. The minimum atomic E-state index is -0.556. The van der Waals surface area contributed by atoms with Crippen LogP contribution in [0.1, 0.15) is 27.2 Å². The van der Waals surface area contributed by atoms with Crippen molar-refractivity contribution < 1.29 is 9.13 Å². The highest BCUT2D eigenvalue weighted by molar-refractivity contribution is 5.08. The van der Waals surface area contributed by atoms with Gasteiger partial charge in [-0.15, -0.1) is 0 Å². The van der Waals surface area contributed by atoms with Crippen LogP contribution < -0.4 is 0 Å². The molecule has 0 aliphatic heterocycles. The third kappa shape index (κ3) is 6.14. The van der Waals surface area contributed by atoms with Crippen molar-refractivity contribution in [3.63, 3.8) is 0 Å². The molecule has 0 atom stereocenters. The minimum Gasteiger partial charge on any atom is -0.464 e. The summed E-state index contributed by atoms with van der Waals surface area (Å²) in [5.74, 6) is 1.06. The Bertz CT molecular complexity index is 214. The average molecular weight is 184 g/mol. The highest BCUT2D eigenvalue weighted by Crippen LogP contribution is 2.06. The van der Waals surface area contributed by atoms with Crippen LogP contribution in [0.25, 0.3) is 0 Å². The van der Waals surface area contributed by atoms with Crippen molar-refractivity contribution in [3.05, 3.63) is 35.8 Å². The van der Waals surface area contributed by atoms with E-state index in [-0.39, 0.29) is 0 Å². The SMILES string of the molecule is C/C=C(\CF)O/C(C)=C/C=C\CC. The first-order valence-electron chi connectivity index (χ1n) is 4.47. The van der Waals surface area contributed by atoms with E-state index in [1.165, 1.54) is 0 Å². The van der Waals surface area contributed by atoms with Gasteiger partial charge in [-0.1, -0.05) is 19.1 Å². The van der Waals surface area contributed by atoms with Crippen molar-refractivity contribution in [2.45, 2.75) is 27.2 Å². The van der Waals surface area contributed by atoms with Crippen LogP contribution in [-0.2, 0) is 4.74 Å². The molecule has 1 nitrogen and oxygen atoms in total. The Labute approximate surface area is 79.6 Å². The van der Waals surface area contributed by atoms with Gasteiger partial charge in [0, 0.05) is 0 Å². The number of rotatable bonds is 5. The number of alkyl halides is 1. The van der Waals surface area contributed by atoms with E-state index >= 15 is 0 Å². The van der Waals surface area contributed by atoms with Gasteiger partial charge in [0.05, 0.1) is 0 Å². The molecule has 0 radical (unpaired) electrons. The maximum Gasteiger partial charge on any atom is 0.147 e. The summed E-state index contributed by atoms with van der Waals surface area (Å²) in [5.41, 5.74) is 0. The summed E-state index contributed by atoms with van der Waals surface area (Å²) >= 11 is 0. The molecule has 0 aromatic carbocycles. The molecule has 0 aliphatic carbocycles. The second-order valence-corrected chi connectivity index (χ2v) is 2.60. The van der Waals surface area contributed by atoms with E-state index in [0.717, 1.165) is 6.42 Å². The van der Waals surface area contributed by atoms with E-state index in [9.17, 15) is 4.39 Å². The van der Waals surface area contributed by atoms with Gasteiger partial charge in [-0.25, -0.2) is 4.39 Å². The van der Waals surface area contributed by atoms with Crippen LogP contribution in [0, 0.1) is 0 Å². The Morgan fingerprint density at radius 3 is 2.62 bits per heavy atom. The van der Waals surface area contributed by atoms with Crippen LogP contribution in [-0.4, -0.2) is 6.67 Å². The van der Waals surface area contributed by atoms with E-state index in [1.54, 1.807) is 19.9 Å². The molecule has 0 aliphatic rings. The van der Waals surface area contributed by atoms with Crippen LogP contribution in [0.4, 0.5) is 4.39 Å². The lowest BCUT2D eigenvalue weighted by Crippen LogP contribution is -1.91. The zero-order valence-electron chi connectivity index (χ0n) is 8.51. The molecular formula is C11H17FO. The molecule has 0 rings (SSSR count). The van der Waals surface area contributed by atoms with Gasteiger partial charge in [-0.05, 0) is 32.4 Å². The first kappa shape index (κ1) is 11.9. The lowest BCUT2D eigenvalue weighted by molar-refractivity contribution is 0.269. The van der Waals surface area contributed by atoms with Crippen LogP contribution in [0.5, 0.6) is 0 Å². The van der Waals surface area contributed by atoms with Crippen molar-refractivity contribution in [3.8, 4) is 0 Å². The summed E-state index contributed by atoms with van der Waals surface area (Å²) in [4.78, 5) is 0. The van der Waals surface area contributed by atoms with Gasteiger partial charge in [0.1, 0.15) is 18.2 Å². The molecule has 0 unspecified atom stereocenters. The zero-order chi connectivity index (χ0) is 10.1. The molecule has 0 saturated carbocycles. The molecule has 0 bridgehead atoms. The van der Waals surface area contributed by atoms with Gasteiger partial charge in [0.2, 0.25) is 0 Å². The maximum absolute atomic E-state index is 12.2. The largest absolute Gasteiger partial charge is 0.464 e. The van der Waals surface area contributed by atoms with Crippen LogP contribution in [0.3, 0.4) is 0 Å². The lowest BCUT2D eigenvalue weighted by Gasteiger charge is -2.04. The third-order valence-corrected chi connectivity index (χ3v) is 1.45. The van der Waals surface area contributed by atoms with E-state index < -0.39 is 6.67 Å². The Morgan fingerprint density at radius 2 is 2.15 bits per heavy atom. The summed E-state index contributed by atoms with van der Waals surface area (Å²) < 4.78 is 17.4. The second kappa shape index (κ2) is 7.59. The van der Waals surface area contributed by atoms with Crippen LogP contribution in [0.2, 0.25) is 0 Å². The number of hydrogen-bond donors (Lipinski definition) is 0. The standard InChI is InChI=1S/C11H17FO/c1-4-6-7-8-10(3)13-11(5-2)9-12/h5-8H,4,9H2,1-3H3/b7-6-,10-8+,11-5+. The molecule has 0 heterocycles. The van der Waals surface area contributed by atoms with E-state index in [0.29, 0.717) is 11.5 Å². The maximum atomic E-state index is 12.2. The van der Waals surface area contributed by atoms with Gasteiger partial charge in [-0.2, -0.15) is 0 Å². The van der Waals surface area contributed by atoms with Gasteiger partial charge in [-0.3, -0.25) is 0 Å². The fourth-order valence-corrected chi connectivity index (χ4v) is 0.744. The molecule has 0 N–H and O–H groups in total. The smallest absolute Gasteiger partial charge is 0.147 e. The predicted molar refractivity (Wildman–Crippen MR) is 54.0 cm³/mol. The third-order valence-electron chi connectivity index (χ3n) is 1.45. The summed E-state index contributed by atoms with van der Waals surface area (Å²) in [6.45, 7) is 5.06. The van der Waals surface area contributed by atoms with Crippen molar-refractivity contribution in [1.82, 2.24) is 0 Å². The second-order valence-electron chi connectivity index (χ2n) is 2.60. The Morgan fingerprint density at radius 1 is 1.46 bits per heavy atom. The molecule has 0 fully saturated rings. The Kier molecular flexibility index (Phi) is 6.98. The van der Waals surface area contributed by atoms with Gasteiger partial charge in [0.25, 0.3) is 0 Å². The van der Waals surface area contributed by atoms with Gasteiger partial charge >= 0.3 is 0 Å². The molecule has 0 aromatic heterocycles. The predicted octanol–water partition coefficient (Wildman–Crippen LogP) is 3.75. The highest BCUT2D eigenvalue weighted by atomic mass is 19.1. The van der Waals surface area contributed by atoms with Gasteiger partial charge in [0.15, 0.2) is 0 Å². The van der Waals surface area contributed by atoms with Crippen LogP contribution in [0.15, 0.2) is 35.8 Å². The monoisotopic (exact) mass is 184 g/mol. The number of allylic oxidation sites excluding steroid dienone is 6. The number of ether oxygens (including phenoxy) is 1. The molecule has 0 aromatic rings. The number of hydrogen-bond acceptors (Lipinski definition) is 1. The van der Waals surface area contributed by atoms with E-state index in [4.69, 9.17) is 4.74 Å². The van der Waals surface area contributed by atoms with E-state index in [2.05, 4.69) is 6.92 Å². The van der Waals surface area contributed by atoms with Gasteiger partial charge < -0.3 is 4.74 Å². The molecule has 13 heavy (non-hydrogen) atoms. The summed E-state index contributed by atoms with van der Waals surface area (Å²) in [6.07, 6.45) is 8.35. The quantitative estimate of drug-likeness (QED) is 0.467. The zero-order valence-corrected chi connectivity index (χ0v) is 8.51. The summed E-state index contributed by atoms with van der Waals surface area (Å²) in [5, 5.41) is 0. The molecule has 0 spiro atoms. The average Bonchev–Trinajstić information content (AvgIpc) is 2.14. The van der Waals surface area contributed by atoms with Crippen molar-refractivity contribution in [2.24, 2.45) is 0 Å². The fourth-order valence-electron chi connectivity index (χ4n) is 0.744. The Hall–Kier alpha value is -1.05. The normalized spacial score (nSPS) is 13.8.